The minimum absolute atomic E-state index is 0.0736. The summed E-state index contributed by atoms with van der Waals surface area (Å²) in [6, 6.07) is 45.3. The van der Waals surface area contributed by atoms with E-state index in [0.717, 1.165) is 6.42 Å². The van der Waals surface area contributed by atoms with Crippen LogP contribution in [0.2, 0.25) is 0 Å². The highest BCUT2D eigenvalue weighted by Gasteiger charge is 2.39. The van der Waals surface area contributed by atoms with Crippen LogP contribution in [0.4, 0.5) is 28.4 Å². The highest BCUT2D eigenvalue weighted by atomic mass is 15.2. The van der Waals surface area contributed by atoms with E-state index in [1.165, 1.54) is 94.1 Å². The first kappa shape index (κ1) is 32.7. The minimum atomic E-state index is 0.0736. The number of aryl methyl sites for hydroxylation is 4. The molecular formula is C47H50N2. The van der Waals surface area contributed by atoms with Crippen LogP contribution in [-0.4, -0.2) is 0 Å². The Morgan fingerprint density at radius 3 is 1.20 bits per heavy atom. The summed E-state index contributed by atoms with van der Waals surface area (Å²) in [5.41, 5.74) is 15.6. The van der Waals surface area contributed by atoms with Crippen molar-refractivity contribution in [3.05, 3.63) is 173 Å². The first-order valence-corrected chi connectivity index (χ1v) is 18.2. The molecule has 1 unspecified atom stereocenters. The van der Waals surface area contributed by atoms with Gasteiger partial charge in [0, 0.05) is 45.5 Å². The average Bonchev–Trinajstić information content (AvgIpc) is 3.13. The van der Waals surface area contributed by atoms with E-state index in [2.05, 4.69) is 178 Å². The standard InChI is InChI=1S/C47H50N2/c1-34-9-20-41(21-10-34)48(42-22-11-35(2)12-23-42)43-28-17-39(18-29-43)47(31-7-6-8-32-47)40-19-30-46(38(5)33-40)49(44-24-13-36(3)14-25-44)45-26-15-37(4)16-27-45/h9-30,38H,6-8,31-33H2,1-5H3. The van der Waals surface area contributed by atoms with Gasteiger partial charge in [0.25, 0.3) is 0 Å². The summed E-state index contributed by atoms with van der Waals surface area (Å²) in [6.45, 7) is 11.1. The molecule has 1 saturated carbocycles. The van der Waals surface area contributed by atoms with Crippen molar-refractivity contribution in [2.75, 3.05) is 9.80 Å². The number of hydrogen-bond acceptors (Lipinski definition) is 2. The second-order valence-electron chi connectivity index (χ2n) is 14.6. The molecule has 7 rings (SSSR count). The molecule has 2 nitrogen and oxygen atoms in total. The SMILES string of the molecule is Cc1ccc(N(C2=CC=C(C3(c4ccc(N(c5ccc(C)cc5)c5ccc(C)cc5)cc4)CCCCC3)CC2C)c2ccc(C)cc2)cc1. The Morgan fingerprint density at radius 1 is 0.449 bits per heavy atom. The maximum atomic E-state index is 2.49. The maximum absolute atomic E-state index is 2.49. The van der Waals surface area contributed by atoms with E-state index in [-0.39, 0.29) is 5.41 Å². The molecule has 0 spiro atoms. The second-order valence-corrected chi connectivity index (χ2v) is 14.6. The summed E-state index contributed by atoms with van der Waals surface area (Å²) >= 11 is 0. The van der Waals surface area contributed by atoms with Gasteiger partial charge < -0.3 is 9.80 Å². The molecule has 0 N–H and O–H groups in total. The second kappa shape index (κ2) is 14.0. The minimum Gasteiger partial charge on any atom is -0.314 e. The van der Waals surface area contributed by atoms with Crippen LogP contribution in [0, 0.1) is 33.6 Å². The molecule has 0 amide bonds. The third-order valence-corrected chi connectivity index (χ3v) is 10.9. The molecule has 1 atom stereocenters. The number of anilines is 5. The summed E-state index contributed by atoms with van der Waals surface area (Å²) < 4.78 is 0. The van der Waals surface area contributed by atoms with Gasteiger partial charge in [0.1, 0.15) is 0 Å². The Morgan fingerprint density at radius 2 is 0.816 bits per heavy atom. The lowest BCUT2D eigenvalue weighted by molar-refractivity contribution is 0.325. The van der Waals surface area contributed by atoms with Crippen molar-refractivity contribution in [2.45, 2.75) is 78.6 Å². The van der Waals surface area contributed by atoms with Gasteiger partial charge >= 0.3 is 0 Å². The fourth-order valence-electron chi connectivity index (χ4n) is 8.05. The number of benzene rings is 5. The molecule has 248 valence electrons. The molecule has 2 aliphatic carbocycles. The van der Waals surface area contributed by atoms with E-state index in [0.29, 0.717) is 5.92 Å². The van der Waals surface area contributed by atoms with E-state index < -0.39 is 0 Å². The predicted molar refractivity (Wildman–Crippen MR) is 210 cm³/mol. The zero-order valence-electron chi connectivity index (χ0n) is 29.9. The summed E-state index contributed by atoms with van der Waals surface area (Å²) in [6.07, 6.45) is 12.3. The molecular weight excluding hydrogens is 593 g/mol. The van der Waals surface area contributed by atoms with Crippen LogP contribution in [-0.2, 0) is 5.41 Å². The predicted octanol–water partition coefficient (Wildman–Crippen LogP) is 13.3. The van der Waals surface area contributed by atoms with Crippen molar-refractivity contribution in [3.8, 4) is 0 Å². The average molecular weight is 643 g/mol. The summed E-state index contributed by atoms with van der Waals surface area (Å²) in [5.74, 6) is 0.388. The molecule has 49 heavy (non-hydrogen) atoms. The van der Waals surface area contributed by atoms with Gasteiger partial charge in [0.05, 0.1) is 0 Å². The zero-order valence-corrected chi connectivity index (χ0v) is 29.9. The molecule has 0 heterocycles. The van der Waals surface area contributed by atoms with Crippen molar-refractivity contribution in [1.82, 2.24) is 0 Å². The van der Waals surface area contributed by atoms with Crippen molar-refractivity contribution >= 4 is 28.4 Å². The van der Waals surface area contributed by atoms with E-state index in [1.807, 2.05) is 0 Å². The van der Waals surface area contributed by atoms with Gasteiger partial charge in [-0.1, -0.05) is 121 Å². The first-order chi connectivity index (χ1) is 23.8. The van der Waals surface area contributed by atoms with Crippen LogP contribution in [0.25, 0.3) is 0 Å². The van der Waals surface area contributed by atoms with Gasteiger partial charge in [0.2, 0.25) is 0 Å². The molecule has 0 bridgehead atoms. The third kappa shape index (κ3) is 6.75. The van der Waals surface area contributed by atoms with E-state index >= 15 is 0 Å². The van der Waals surface area contributed by atoms with E-state index in [4.69, 9.17) is 0 Å². The molecule has 2 aliphatic rings. The van der Waals surface area contributed by atoms with Gasteiger partial charge in [-0.2, -0.15) is 0 Å². The van der Waals surface area contributed by atoms with Gasteiger partial charge in [-0.3, -0.25) is 0 Å². The largest absolute Gasteiger partial charge is 0.314 e. The lowest BCUT2D eigenvalue weighted by Crippen LogP contribution is -2.34. The van der Waals surface area contributed by atoms with Crippen LogP contribution >= 0.6 is 0 Å². The molecule has 1 fully saturated rings. The van der Waals surface area contributed by atoms with Gasteiger partial charge in [0.15, 0.2) is 0 Å². The zero-order chi connectivity index (χ0) is 34.0. The molecule has 5 aromatic carbocycles. The summed E-state index contributed by atoms with van der Waals surface area (Å²) in [4.78, 5) is 4.86. The quantitative estimate of drug-likeness (QED) is 0.166. The molecule has 0 aromatic heterocycles. The van der Waals surface area contributed by atoms with Gasteiger partial charge in [-0.15, -0.1) is 0 Å². The van der Waals surface area contributed by atoms with Crippen molar-refractivity contribution in [2.24, 2.45) is 5.92 Å². The molecule has 0 radical (unpaired) electrons. The van der Waals surface area contributed by atoms with Gasteiger partial charge in [-0.25, -0.2) is 0 Å². The Hall–Kier alpha value is -4.82. The van der Waals surface area contributed by atoms with Crippen LogP contribution in [0.5, 0.6) is 0 Å². The highest BCUT2D eigenvalue weighted by Crippen LogP contribution is 2.50. The summed E-state index contributed by atoms with van der Waals surface area (Å²) in [5, 5.41) is 0. The Labute approximate surface area is 294 Å². The Bertz CT molecular complexity index is 1830. The Balaban J connectivity index is 1.26. The highest BCUT2D eigenvalue weighted by molar-refractivity contribution is 5.77. The maximum Gasteiger partial charge on any atom is 0.0461 e. The fourth-order valence-corrected chi connectivity index (χ4v) is 8.05. The van der Waals surface area contributed by atoms with Crippen molar-refractivity contribution in [3.63, 3.8) is 0 Å². The Kier molecular flexibility index (Phi) is 9.32. The number of allylic oxidation sites excluding steroid dienone is 4. The van der Waals surface area contributed by atoms with Crippen LogP contribution < -0.4 is 9.80 Å². The lowest BCUT2D eigenvalue weighted by Gasteiger charge is -2.43. The van der Waals surface area contributed by atoms with Crippen LogP contribution in [0.1, 0.15) is 73.3 Å². The summed E-state index contributed by atoms with van der Waals surface area (Å²) in [7, 11) is 0. The van der Waals surface area contributed by atoms with E-state index in [9.17, 15) is 0 Å². The number of nitrogens with zero attached hydrogens (tertiary/aromatic N) is 2. The van der Waals surface area contributed by atoms with Crippen molar-refractivity contribution in [1.29, 1.82) is 0 Å². The van der Waals surface area contributed by atoms with Crippen LogP contribution in [0.15, 0.2) is 145 Å². The molecule has 2 heteroatoms. The van der Waals surface area contributed by atoms with Crippen molar-refractivity contribution < 1.29 is 0 Å². The lowest BCUT2D eigenvalue weighted by atomic mass is 9.62. The number of hydrogen-bond donors (Lipinski definition) is 0. The normalized spacial score (nSPS) is 17.2. The fraction of sp³-hybridized carbons (Fsp3) is 0.277. The third-order valence-electron chi connectivity index (χ3n) is 10.9. The molecule has 0 saturated heterocycles. The topological polar surface area (TPSA) is 6.48 Å². The smallest absolute Gasteiger partial charge is 0.0461 e. The van der Waals surface area contributed by atoms with Crippen LogP contribution in [0.3, 0.4) is 0 Å². The first-order valence-electron chi connectivity index (χ1n) is 18.2. The molecule has 5 aromatic rings. The van der Waals surface area contributed by atoms with Gasteiger partial charge in [-0.05, 0) is 119 Å². The monoisotopic (exact) mass is 642 g/mol. The molecule has 0 aliphatic heterocycles. The van der Waals surface area contributed by atoms with E-state index in [1.54, 1.807) is 5.57 Å². The number of rotatable bonds is 8.